The van der Waals surface area contributed by atoms with Gasteiger partial charge in [-0.2, -0.15) is 0 Å². The Bertz CT molecular complexity index is 858. The largest absolute Gasteiger partial charge is 0.480 e. The molecule has 0 aliphatic carbocycles. The molecule has 0 aromatic heterocycles. The molecule has 0 aliphatic rings. The van der Waals surface area contributed by atoms with Gasteiger partial charge in [0.15, 0.2) is 0 Å². The summed E-state index contributed by atoms with van der Waals surface area (Å²) in [6.45, 7) is 1.29. The highest BCUT2D eigenvalue weighted by Crippen LogP contribution is 2.09. The number of rotatable bonds is 10. The third-order valence-corrected chi connectivity index (χ3v) is 5.59. The van der Waals surface area contributed by atoms with Crippen molar-refractivity contribution in [1.29, 1.82) is 0 Å². The van der Waals surface area contributed by atoms with Crippen LogP contribution in [0.1, 0.15) is 18.9 Å². The van der Waals surface area contributed by atoms with Crippen molar-refractivity contribution in [1.82, 2.24) is 10.6 Å². The lowest BCUT2D eigenvalue weighted by molar-refractivity contribution is -0.142. The summed E-state index contributed by atoms with van der Waals surface area (Å²) in [5.74, 6) is -2.12. The SMILES string of the molecule is CC(=O)N[C@@H](Cc1ccccc1)C(=O)N[C@@H](CC[S@](=O)c1ccccc1)C(=O)O. The average Bonchev–Trinajstić information content (AvgIpc) is 2.71. The van der Waals surface area contributed by atoms with E-state index >= 15 is 0 Å². The maximum atomic E-state index is 12.6. The Balaban J connectivity index is 2.02. The van der Waals surface area contributed by atoms with Gasteiger partial charge in [0.2, 0.25) is 11.8 Å². The van der Waals surface area contributed by atoms with E-state index in [9.17, 15) is 23.7 Å². The molecular formula is C21H24N2O5S. The molecular weight excluding hydrogens is 392 g/mol. The van der Waals surface area contributed by atoms with E-state index in [2.05, 4.69) is 10.6 Å². The molecule has 0 saturated heterocycles. The molecule has 0 saturated carbocycles. The Morgan fingerprint density at radius 3 is 2.07 bits per heavy atom. The van der Waals surface area contributed by atoms with Gasteiger partial charge in [-0.05, 0) is 24.1 Å². The summed E-state index contributed by atoms with van der Waals surface area (Å²) in [4.78, 5) is 36.3. The van der Waals surface area contributed by atoms with Crippen molar-refractivity contribution < 1.29 is 23.7 Å². The quantitative estimate of drug-likeness (QED) is 0.543. The van der Waals surface area contributed by atoms with Crippen molar-refractivity contribution in [3.8, 4) is 0 Å². The smallest absolute Gasteiger partial charge is 0.326 e. The minimum absolute atomic E-state index is 0.000702. The highest BCUT2D eigenvalue weighted by molar-refractivity contribution is 7.85. The molecule has 2 rings (SSSR count). The number of hydrogen-bond donors (Lipinski definition) is 3. The molecule has 3 atom stereocenters. The van der Waals surface area contributed by atoms with E-state index in [0.29, 0.717) is 4.90 Å². The maximum absolute atomic E-state index is 12.6. The summed E-state index contributed by atoms with van der Waals surface area (Å²) in [7, 11) is -1.37. The molecule has 0 fully saturated rings. The van der Waals surface area contributed by atoms with Crippen LogP contribution in [-0.2, 0) is 31.6 Å². The summed E-state index contributed by atoms with van der Waals surface area (Å²) in [6.07, 6.45) is 0.231. The van der Waals surface area contributed by atoms with Crippen molar-refractivity contribution >= 4 is 28.6 Å². The lowest BCUT2D eigenvalue weighted by Gasteiger charge is -2.21. The van der Waals surface area contributed by atoms with Gasteiger partial charge in [-0.3, -0.25) is 13.8 Å². The molecule has 154 valence electrons. The number of nitrogens with one attached hydrogen (secondary N) is 2. The van der Waals surface area contributed by atoms with Gasteiger partial charge in [0.1, 0.15) is 12.1 Å². The number of benzene rings is 2. The predicted octanol–water partition coefficient (Wildman–Crippen LogP) is 1.50. The number of carboxylic acids is 1. The number of amides is 2. The van der Waals surface area contributed by atoms with Crippen LogP contribution in [0.3, 0.4) is 0 Å². The summed E-state index contributed by atoms with van der Waals surface area (Å²) >= 11 is 0. The molecule has 0 unspecified atom stereocenters. The van der Waals surface area contributed by atoms with Crippen LogP contribution in [0.25, 0.3) is 0 Å². The van der Waals surface area contributed by atoms with Gasteiger partial charge in [-0.25, -0.2) is 4.79 Å². The van der Waals surface area contributed by atoms with Gasteiger partial charge in [0.25, 0.3) is 0 Å². The highest BCUT2D eigenvalue weighted by atomic mass is 32.2. The molecule has 2 amide bonds. The van der Waals surface area contributed by atoms with Gasteiger partial charge in [0, 0.05) is 24.0 Å². The molecule has 0 aliphatic heterocycles. The number of carbonyl (C=O) groups excluding carboxylic acids is 2. The average molecular weight is 416 g/mol. The zero-order valence-electron chi connectivity index (χ0n) is 16.0. The summed E-state index contributed by atoms with van der Waals surface area (Å²) < 4.78 is 12.3. The van der Waals surface area contributed by atoms with Gasteiger partial charge < -0.3 is 15.7 Å². The first kappa shape index (κ1) is 22.3. The minimum Gasteiger partial charge on any atom is -0.480 e. The topological polar surface area (TPSA) is 113 Å². The van der Waals surface area contributed by atoms with Crippen LogP contribution in [0, 0.1) is 0 Å². The number of aliphatic carboxylic acids is 1. The number of carbonyl (C=O) groups is 3. The van der Waals surface area contributed by atoms with Crippen molar-refractivity contribution in [2.45, 2.75) is 36.7 Å². The Labute approximate surface area is 172 Å². The van der Waals surface area contributed by atoms with Crippen molar-refractivity contribution in [2.24, 2.45) is 0 Å². The standard InChI is InChI=1S/C21H24N2O5S/c1-15(24)22-19(14-16-8-4-2-5-9-16)20(25)23-18(21(26)27)12-13-29(28)17-10-6-3-7-11-17/h2-11,18-19H,12-14H2,1H3,(H,22,24)(H,23,25)(H,26,27)/t18-,19-,29-/m0/s1. The van der Waals surface area contributed by atoms with Crippen LogP contribution in [0.4, 0.5) is 0 Å². The maximum Gasteiger partial charge on any atom is 0.326 e. The molecule has 7 nitrogen and oxygen atoms in total. The lowest BCUT2D eigenvalue weighted by Crippen LogP contribution is -2.52. The van der Waals surface area contributed by atoms with E-state index in [1.54, 1.807) is 30.3 Å². The van der Waals surface area contributed by atoms with Gasteiger partial charge >= 0.3 is 5.97 Å². The Morgan fingerprint density at radius 1 is 0.931 bits per heavy atom. The third kappa shape index (κ3) is 7.50. The fraction of sp³-hybridized carbons (Fsp3) is 0.286. The zero-order chi connectivity index (χ0) is 21.2. The first-order valence-corrected chi connectivity index (χ1v) is 10.5. The normalized spacial score (nSPS) is 13.7. The van der Waals surface area contributed by atoms with E-state index in [0.717, 1.165) is 5.56 Å². The molecule has 2 aromatic carbocycles. The lowest BCUT2D eigenvalue weighted by atomic mass is 10.0. The molecule has 0 bridgehead atoms. The predicted molar refractivity (Wildman–Crippen MR) is 110 cm³/mol. The second-order valence-corrected chi connectivity index (χ2v) is 8.06. The molecule has 0 heterocycles. The van der Waals surface area contributed by atoms with Crippen LogP contribution < -0.4 is 10.6 Å². The van der Waals surface area contributed by atoms with Crippen LogP contribution >= 0.6 is 0 Å². The molecule has 2 aromatic rings. The second-order valence-electron chi connectivity index (χ2n) is 6.49. The molecule has 8 heteroatoms. The Hall–Kier alpha value is -3.00. The zero-order valence-corrected chi connectivity index (χ0v) is 16.9. The van der Waals surface area contributed by atoms with Gasteiger partial charge in [-0.1, -0.05) is 48.5 Å². The highest BCUT2D eigenvalue weighted by Gasteiger charge is 2.26. The van der Waals surface area contributed by atoms with E-state index in [-0.39, 0.29) is 18.6 Å². The van der Waals surface area contributed by atoms with Gasteiger partial charge in [0.05, 0.1) is 10.8 Å². The Morgan fingerprint density at radius 2 is 1.52 bits per heavy atom. The van der Waals surface area contributed by atoms with Crippen molar-refractivity contribution in [2.75, 3.05) is 5.75 Å². The van der Waals surface area contributed by atoms with Crippen LogP contribution in [0.2, 0.25) is 0 Å². The van der Waals surface area contributed by atoms with Crippen LogP contribution in [0.15, 0.2) is 65.6 Å². The van der Waals surface area contributed by atoms with Crippen molar-refractivity contribution in [3.05, 3.63) is 66.2 Å². The number of carboxylic acid groups (broad SMARTS) is 1. The summed E-state index contributed by atoms with van der Waals surface area (Å²) in [5, 5.41) is 14.5. The van der Waals surface area contributed by atoms with E-state index in [1.807, 2.05) is 30.3 Å². The molecule has 3 N–H and O–H groups in total. The minimum atomic E-state index is -1.37. The summed E-state index contributed by atoms with van der Waals surface area (Å²) in [5.41, 5.74) is 0.832. The first-order chi connectivity index (χ1) is 13.9. The van der Waals surface area contributed by atoms with E-state index in [1.165, 1.54) is 6.92 Å². The first-order valence-electron chi connectivity index (χ1n) is 9.14. The monoisotopic (exact) mass is 416 g/mol. The fourth-order valence-electron chi connectivity index (χ4n) is 2.75. The van der Waals surface area contributed by atoms with E-state index < -0.39 is 40.7 Å². The van der Waals surface area contributed by atoms with Crippen LogP contribution in [0.5, 0.6) is 0 Å². The third-order valence-electron chi connectivity index (χ3n) is 4.19. The second kappa shape index (κ2) is 11.1. The fourth-order valence-corrected chi connectivity index (χ4v) is 3.90. The van der Waals surface area contributed by atoms with Gasteiger partial charge in [-0.15, -0.1) is 0 Å². The number of hydrogen-bond acceptors (Lipinski definition) is 4. The van der Waals surface area contributed by atoms with Crippen molar-refractivity contribution in [3.63, 3.8) is 0 Å². The molecule has 29 heavy (non-hydrogen) atoms. The Kier molecular flexibility index (Phi) is 8.54. The van der Waals surface area contributed by atoms with E-state index in [4.69, 9.17) is 0 Å². The van der Waals surface area contributed by atoms with Crippen LogP contribution in [-0.4, -0.2) is 44.9 Å². The molecule has 0 spiro atoms. The molecule has 0 radical (unpaired) electrons. The summed E-state index contributed by atoms with van der Waals surface area (Å²) in [6, 6.07) is 15.7.